The first-order valence-corrected chi connectivity index (χ1v) is 13.1. The number of rotatable bonds is 10. The molecule has 0 fully saturated rings. The van der Waals surface area contributed by atoms with Crippen LogP contribution in [0.5, 0.6) is 0 Å². The maximum atomic E-state index is 14.0. The first kappa shape index (κ1) is 26.4. The van der Waals surface area contributed by atoms with Crippen LogP contribution in [0.15, 0.2) is 84.9 Å². The highest BCUT2D eigenvalue weighted by atomic mass is 16.2. The zero-order valence-corrected chi connectivity index (χ0v) is 22.4. The van der Waals surface area contributed by atoms with Gasteiger partial charge in [-0.2, -0.15) is 0 Å². The molecule has 0 aliphatic heterocycles. The number of amides is 1. The molecule has 3 aromatic carbocycles. The lowest BCUT2D eigenvalue weighted by atomic mass is 9.99. The predicted molar refractivity (Wildman–Crippen MR) is 151 cm³/mol. The summed E-state index contributed by atoms with van der Waals surface area (Å²) in [6.07, 6.45) is 0.727. The van der Waals surface area contributed by atoms with Crippen molar-refractivity contribution in [3.8, 4) is 11.3 Å². The largest absolute Gasteiger partial charge is 0.330 e. The molecule has 5 nitrogen and oxygen atoms in total. The van der Waals surface area contributed by atoms with Gasteiger partial charge in [0.25, 0.3) is 5.91 Å². The normalized spacial score (nSPS) is 12.1. The molecule has 0 aliphatic carbocycles. The first-order valence-electron chi connectivity index (χ1n) is 13.1. The summed E-state index contributed by atoms with van der Waals surface area (Å²) in [5.74, 6) is 1.07. The molecule has 1 heterocycles. The second kappa shape index (κ2) is 12.0. The summed E-state index contributed by atoms with van der Waals surface area (Å²) < 4.78 is 2.29. The van der Waals surface area contributed by atoms with E-state index in [0.29, 0.717) is 25.2 Å². The van der Waals surface area contributed by atoms with Crippen LogP contribution in [-0.2, 0) is 6.54 Å². The summed E-state index contributed by atoms with van der Waals surface area (Å²) in [4.78, 5) is 21.2. The maximum Gasteiger partial charge on any atom is 0.254 e. The van der Waals surface area contributed by atoms with Gasteiger partial charge in [0.2, 0.25) is 0 Å². The molecule has 37 heavy (non-hydrogen) atoms. The molecule has 0 unspecified atom stereocenters. The summed E-state index contributed by atoms with van der Waals surface area (Å²) in [6.45, 7) is 10.3. The minimum Gasteiger partial charge on any atom is -0.330 e. The van der Waals surface area contributed by atoms with E-state index >= 15 is 0 Å². The fraction of sp³-hybridized carbons (Fsp3) is 0.312. The van der Waals surface area contributed by atoms with Crippen LogP contribution in [0.2, 0.25) is 0 Å². The third-order valence-electron chi connectivity index (χ3n) is 6.88. The van der Waals surface area contributed by atoms with E-state index < -0.39 is 0 Å². The number of carbonyl (C=O) groups is 1. The molecule has 1 aromatic heterocycles. The van der Waals surface area contributed by atoms with Crippen LogP contribution in [0.4, 0.5) is 0 Å². The standard InChI is InChI=1S/C32H38N4O/c1-23(2)30(35(21-11-20-33)32(37)28-18-16-24(3)17-19-28)31-34-29(27-14-9-6-10-15-27)25(4)36(31)22-26-12-7-5-8-13-26/h5-10,12-19,23,30H,11,20-22,33H2,1-4H3/t30-/m1/s1. The number of carbonyl (C=O) groups excluding carboxylic acids is 1. The number of hydrogen-bond acceptors (Lipinski definition) is 3. The molecule has 0 saturated carbocycles. The average molecular weight is 495 g/mol. The molecular weight excluding hydrogens is 456 g/mol. The number of nitrogens with two attached hydrogens (primary N) is 1. The molecule has 0 bridgehead atoms. The van der Waals surface area contributed by atoms with E-state index in [1.54, 1.807) is 0 Å². The Morgan fingerprint density at radius 1 is 0.919 bits per heavy atom. The maximum absolute atomic E-state index is 14.0. The summed E-state index contributed by atoms with van der Waals surface area (Å²) >= 11 is 0. The number of aryl methyl sites for hydroxylation is 1. The van der Waals surface area contributed by atoms with Crippen molar-refractivity contribution in [2.45, 2.75) is 46.7 Å². The number of aromatic nitrogens is 2. The zero-order valence-electron chi connectivity index (χ0n) is 22.4. The fourth-order valence-electron chi connectivity index (χ4n) is 4.90. The lowest BCUT2D eigenvalue weighted by Crippen LogP contribution is -2.40. The van der Waals surface area contributed by atoms with Crippen molar-refractivity contribution in [1.29, 1.82) is 0 Å². The molecule has 4 rings (SSSR count). The van der Waals surface area contributed by atoms with Crippen LogP contribution in [-0.4, -0.2) is 33.4 Å². The van der Waals surface area contributed by atoms with Gasteiger partial charge >= 0.3 is 0 Å². The van der Waals surface area contributed by atoms with Gasteiger partial charge in [0, 0.05) is 29.9 Å². The van der Waals surface area contributed by atoms with Crippen molar-refractivity contribution < 1.29 is 4.79 Å². The molecular formula is C32H38N4O. The van der Waals surface area contributed by atoms with Gasteiger partial charge in [0.15, 0.2) is 0 Å². The van der Waals surface area contributed by atoms with E-state index in [-0.39, 0.29) is 17.9 Å². The minimum absolute atomic E-state index is 0.0142. The average Bonchev–Trinajstić information content (AvgIpc) is 3.22. The Hall–Kier alpha value is -3.70. The van der Waals surface area contributed by atoms with Gasteiger partial charge in [-0.15, -0.1) is 0 Å². The van der Waals surface area contributed by atoms with E-state index in [2.05, 4.69) is 61.7 Å². The van der Waals surface area contributed by atoms with Gasteiger partial charge in [-0.3, -0.25) is 4.79 Å². The van der Waals surface area contributed by atoms with Crippen LogP contribution >= 0.6 is 0 Å². The smallest absolute Gasteiger partial charge is 0.254 e. The Bertz CT molecular complexity index is 1290. The molecule has 0 aliphatic rings. The van der Waals surface area contributed by atoms with Gasteiger partial charge < -0.3 is 15.2 Å². The Kier molecular flexibility index (Phi) is 8.57. The highest BCUT2D eigenvalue weighted by molar-refractivity contribution is 5.94. The second-order valence-electron chi connectivity index (χ2n) is 10.0. The Morgan fingerprint density at radius 2 is 1.54 bits per heavy atom. The van der Waals surface area contributed by atoms with Crippen molar-refractivity contribution in [3.63, 3.8) is 0 Å². The van der Waals surface area contributed by atoms with E-state index in [0.717, 1.165) is 34.8 Å². The lowest BCUT2D eigenvalue weighted by Gasteiger charge is -2.35. The van der Waals surface area contributed by atoms with E-state index in [4.69, 9.17) is 10.7 Å². The van der Waals surface area contributed by atoms with Gasteiger partial charge in [0.05, 0.1) is 11.7 Å². The SMILES string of the molecule is Cc1ccc(C(=O)N(CCCN)[C@@H](c2nc(-c3ccccc3)c(C)n2Cc2ccccc2)C(C)C)cc1. The van der Waals surface area contributed by atoms with Crippen LogP contribution in [0.25, 0.3) is 11.3 Å². The quantitative estimate of drug-likeness (QED) is 0.277. The summed E-state index contributed by atoms with van der Waals surface area (Å²) in [6, 6.07) is 28.3. The Labute approximate surface area is 221 Å². The number of benzene rings is 3. The van der Waals surface area contributed by atoms with Crippen molar-refractivity contribution in [3.05, 3.63) is 113 Å². The number of nitrogens with zero attached hydrogens (tertiary/aromatic N) is 3. The molecule has 2 N–H and O–H groups in total. The first-order chi connectivity index (χ1) is 17.9. The van der Waals surface area contributed by atoms with E-state index in [9.17, 15) is 4.79 Å². The number of hydrogen-bond donors (Lipinski definition) is 1. The fourth-order valence-corrected chi connectivity index (χ4v) is 4.90. The second-order valence-corrected chi connectivity index (χ2v) is 10.0. The molecule has 0 radical (unpaired) electrons. The van der Waals surface area contributed by atoms with Crippen LogP contribution in [0, 0.1) is 19.8 Å². The predicted octanol–water partition coefficient (Wildman–Crippen LogP) is 6.40. The third-order valence-corrected chi connectivity index (χ3v) is 6.88. The lowest BCUT2D eigenvalue weighted by molar-refractivity contribution is 0.0604. The van der Waals surface area contributed by atoms with Crippen molar-refractivity contribution in [2.24, 2.45) is 11.7 Å². The van der Waals surface area contributed by atoms with Crippen LogP contribution < -0.4 is 5.73 Å². The van der Waals surface area contributed by atoms with Crippen molar-refractivity contribution >= 4 is 5.91 Å². The highest BCUT2D eigenvalue weighted by Gasteiger charge is 2.33. The summed E-state index contributed by atoms with van der Waals surface area (Å²) in [5, 5.41) is 0. The van der Waals surface area contributed by atoms with Crippen LogP contribution in [0.1, 0.15) is 59.3 Å². The topological polar surface area (TPSA) is 64.2 Å². The third kappa shape index (κ3) is 6.00. The van der Waals surface area contributed by atoms with Crippen LogP contribution in [0.3, 0.4) is 0 Å². The van der Waals surface area contributed by atoms with Gasteiger partial charge in [0.1, 0.15) is 5.82 Å². The highest BCUT2D eigenvalue weighted by Crippen LogP contribution is 2.34. The zero-order chi connectivity index (χ0) is 26.4. The van der Waals surface area contributed by atoms with Gasteiger partial charge in [-0.25, -0.2) is 4.98 Å². The Morgan fingerprint density at radius 3 is 2.14 bits per heavy atom. The molecule has 4 aromatic rings. The van der Waals surface area contributed by atoms with Crippen molar-refractivity contribution in [1.82, 2.24) is 14.5 Å². The minimum atomic E-state index is -0.208. The summed E-state index contributed by atoms with van der Waals surface area (Å²) in [7, 11) is 0. The van der Waals surface area contributed by atoms with Crippen molar-refractivity contribution in [2.75, 3.05) is 13.1 Å². The molecule has 192 valence electrons. The molecule has 1 atom stereocenters. The van der Waals surface area contributed by atoms with E-state index in [1.807, 2.05) is 60.4 Å². The van der Waals surface area contributed by atoms with Gasteiger partial charge in [-0.05, 0) is 50.4 Å². The molecule has 0 saturated heterocycles. The van der Waals surface area contributed by atoms with E-state index in [1.165, 1.54) is 5.56 Å². The van der Waals surface area contributed by atoms with Gasteiger partial charge in [-0.1, -0.05) is 92.2 Å². The molecule has 1 amide bonds. The number of imidazole rings is 1. The molecule has 0 spiro atoms. The monoisotopic (exact) mass is 494 g/mol. The molecule has 5 heteroatoms. The Balaban J connectivity index is 1.86. The summed E-state index contributed by atoms with van der Waals surface area (Å²) in [5.41, 5.74) is 12.1.